The summed E-state index contributed by atoms with van der Waals surface area (Å²) in [7, 11) is 0. The van der Waals surface area contributed by atoms with E-state index in [0.29, 0.717) is 23.2 Å². The molecule has 0 aliphatic carbocycles. The highest BCUT2D eigenvalue weighted by atomic mass is 35.5. The van der Waals surface area contributed by atoms with E-state index >= 15 is 0 Å². The Hall–Kier alpha value is -1.80. The predicted octanol–water partition coefficient (Wildman–Crippen LogP) is 3.06. The van der Waals surface area contributed by atoms with Gasteiger partial charge in [0.25, 0.3) is 0 Å². The molecule has 6 heteroatoms. The molecule has 1 aromatic rings. The molecule has 1 aliphatic rings. The lowest BCUT2D eigenvalue weighted by Crippen LogP contribution is -2.42. The second kappa shape index (κ2) is 7.46. The number of hydrogen-bond acceptors (Lipinski definition) is 4. The molecule has 0 spiro atoms. The third-order valence-electron chi connectivity index (χ3n) is 3.73. The van der Waals surface area contributed by atoms with Crippen LogP contribution in [0.3, 0.4) is 0 Å². The van der Waals surface area contributed by atoms with Crippen LogP contribution in [0, 0.1) is 17.2 Å². The number of nitrogens with zero attached hydrogens (tertiary/aromatic N) is 3. The Balaban J connectivity index is 1.88. The fraction of sp³-hybridized carbons (Fsp3) is 0.562. The van der Waals surface area contributed by atoms with Crippen molar-refractivity contribution in [2.24, 2.45) is 5.92 Å². The van der Waals surface area contributed by atoms with Crippen LogP contribution >= 0.6 is 11.6 Å². The van der Waals surface area contributed by atoms with Gasteiger partial charge in [-0.3, -0.25) is 4.79 Å². The minimum Gasteiger partial charge on any atom is -0.367 e. The van der Waals surface area contributed by atoms with Crippen LogP contribution in [0.15, 0.2) is 12.1 Å². The van der Waals surface area contributed by atoms with Gasteiger partial charge in [-0.25, -0.2) is 4.98 Å². The SMILES string of the molecule is CC(C)CC(=O)N1CCC(Nc2ccc(Cl)c(C#N)n2)CC1. The van der Waals surface area contributed by atoms with E-state index in [0.717, 1.165) is 25.9 Å². The lowest BCUT2D eigenvalue weighted by atomic mass is 10.0. The number of anilines is 1. The summed E-state index contributed by atoms with van der Waals surface area (Å²) in [5.74, 6) is 1.30. The quantitative estimate of drug-likeness (QED) is 0.925. The molecule has 0 atom stereocenters. The summed E-state index contributed by atoms with van der Waals surface area (Å²) >= 11 is 5.88. The molecule has 1 saturated heterocycles. The van der Waals surface area contributed by atoms with Crippen LogP contribution in [-0.2, 0) is 4.79 Å². The Morgan fingerprint density at radius 1 is 1.50 bits per heavy atom. The third-order valence-corrected chi connectivity index (χ3v) is 4.04. The molecule has 22 heavy (non-hydrogen) atoms. The Labute approximate surface area is 136 Å². The van der Waals surface area contributed by atoms with Gasteiger partial charge in [0.2, 0.25) is 5.91 Å². The molecule has 1 aromatic heterocycles. The van der Waals surface area contributed by atoms with Crippen LogP contribution in [0.4, 0.5) is 5.82 Å². The first-order chi connectivity index (χ1) is 10.5. The summed E-state index contributed by atoms with van der Waals surface area (Å²) < 4.78 is 0. The fourth-order valence-electron chi connectivity index (χ4n) is 2.56. The Bertz CT molecular complexity index is 574. The van der Waals surface area contributed by atoms with Crippen LogP contribution in [0.1, 0.15) is 38.8 Å². The molecule has 2 rings (SSSR count). The number of carbonyl (C=O) groups excluding carboxylic acids is 1. The zero-order valence-electron chi connectivity index (χ0n) is 13.0. The maximum atomic E-state index is 12.0. The molecule has 1 N–H and O–H groups in total. The van der Waals surface area contributed by atoms with Crippen molar-refractivity contribution >= 4 is 23.3 Å². The van der Waals surface area contributed by atoms with Crippen LogP contribution in [0.5, 0.6) is 0 Å². The monoisotopic (exact) mass is 320 g/mol. The molecule has 118 valence electrons. The topological polar surface area (TPSA) is 69.0 Å². The number of aromatic nitrogens is 1. The van der Waals surface area contributed by atoms with Crippen molar-refractivity contribution in [1.82, 2.24) is 9.88 Å². The Kier molecular flexibility index (Phi) is 5.62. The molecular formula is C16H21ClN4O. The average molecular weight is 321 g/mol. The zero-order valence-corrected chi connectivity index (χ0v) is 13.7. The van der Waals surface area contributed by atoms with Gasteiger partial charge < -0.3 is 10.2 Å². The molecule has 0 radical (unpaired) electrons. The summed E-state index contributed by atoms with van der Waals surface area (Å²) in [6.45, 7) is 5.65. The van der Waals surface area contributed by atoms with Gasteiger partial charge in [-0.15, -0.1) is 0 Å². The fourth-order valence-corrected chi connectivity index (χ4v) is 2.71. The molecule has 1 amide bonds. The maximum absolute atomic E-state index is 12.0. The average Bonchev–Trinajstić information content (AvgIpc) is 2.49. The van der Waals surface area contributed by atoms with E-state index < -0.39 is 0 Å². The van der Waals surface area contributed by atoms with Crippen molar-refractivity contribution in [3.63, 3.8) is 0 Å². The highest BCUT2D eigenvalue weighted by molar-refractivity contribution is 6.31. The Morgan fingerprint density at radius 2 is 2.18 bits per heavy atom. The van der Waals surface area contributed by atoms with Crippen molar-refractivity contribution in [2.45, 2.75) is 39.2 Å². The minimum absolute atomic E-state index is 0.233. The number of nitrogens with one attached hydrogen (secondary N) is 1. The second-order valence-electron chi connectivity index (χ2n) is 6.04. The molecule has 0 aromatic carbocycles. The number of piperidine rings is 1. The Morgan fingerprint density at radius 3 is 2.77 bits per heavy atom. The van der Waals surface area contributed by atoms with Gasteiger partial charge in [0, 0.05) is 25.6 Å². The van der Waals surface area contributed by atoms with Crippen LogP contribution in [0.2, 0.25) is 5.02 Å². The molecule has 0 bridgehead atoms. The van der Waals surface area contributed by atoms with E-state index in [4.69, 9.17) is 16.9 Å². The first kappa shape index (κ1) is 16.6. The molecule has 0 unspecified atom stereocenters. The van der Waals surface area contributed by atoms with Crippen molar-refractivity contribution in [2.75, 3.05) is 18.4 Å². The molecule has 2 heterocycles. The van der Waals surface area contributed by atoms with Gasteiger partial charge >= 0.3 is 0 Å². The van der Waals surface area contributed by atoms with E-state index in [-0.39, 0.29) is 17.6 Å². The number of hydrogen-bond donors (Lipinski definition) is 1. The van der Waals surface area contributed by atoms with Gasteiger partial charge in [0.05, 0.1) is 5.02 Å². The first-order valence-corrected chi connectivity index (χ1v) is 7.98. The number of carbonyl (C=O) groups is 1. The molecule has 1 aliphatic heterocycles. The number of likely N-dealkylation sites (tertiary alicyclic amines) is 1. The lowest BCUT2D eigenvalue weighted by Gasteiger charge is -2.33. The third kappa shape index (κ3) is 4.35. The number of amides is 1. The summed E-state index contributed by atoms with van der Waals surface area (Å²) in [5.41, 5.74) is 0.233. The van der Waals surface area contributed by atoms with Gasteiger partial charge in [0.15, 0.2) is 5.69 Å². The number of rotatable bonds is 4. The minimum atomic E-state index is 0.233. The van der Waals surface area contributed by atoms with Gasteiger partial charge in [-0.05, 0) is 30.9 Å². The van der Waals surface area contributed by atoms with Crippen LogP contribution in [0.25, 0.3) is 0 Å². The van der Waals surface area contributed by atoms with E-state index in [1.165, 1.54) is 0 Å². The largest absolute Gasteiger partial charge is 0.367 e. The van der Waals surface area contributed by atoms with E-state index in [1.54, 1.807) is 12.1 Å². The number of halogens is 1. The summed E-state index contributed by atoms with van der Waals surface area (Å²) in [6.07, 6.45) is 2.38. The van der Waals surface area contributed by atoms with E-state index in [2.05, 4.69) is 24.1 Å². The van der Waals surface area contributed by atoms with Crippen LogP contribution < -0.4 is 5.32 Å². The summed E-state index contributed by atoms with van der Waals surface area (Å²) in [6, 6.07) is 5.70. The highest BCUT2D eigenvalue weighted by Gasteiger charge is 2.23. The van der Waals surface area contributed by atoms with Crippen molar-refractivity contribution in [3.05, 3.63) is 22.8 Å². The molecule has 0 saturated carbocycles. The standard InChI is InChI=1S/C16H21ClN4O/c1-11(2)9-16(22)21-7-5-12(6-8-21)19-15-4-3-13(17)14(10-18)20-15/h3-4,11-12H,5-9H2,1-2H3,(H,19,20). The van der Waals surface area contributed by atoms with Gasteiger partial charge in [-0.1, -0.05) is 25.4 Å². The summed E-state index contributed by atoms with van der Waals surface area (Å²) in [5, 5.41) is 12.6. The second-order valence-corrected chi connectivity index (χ2v) is 6.44. The maximum Gasteiger partial charge on any atom is 0.222 e. The van der Waals surface area contributed by atoms with Crippen molar-refractivity contribution in [3.8, 4) is 6.07 Å². The lowest BCUT2D eigenvalue weighted by molar-refractivity contribution is -0.132. The molecule has 5 nitrogen and oxygen atoms in total. The van der Waals surface area contributed by atoms with E-state index in [9.17, 15) is 4.79 Å². The van der Waals surface area contributed by atoms with Gasteiger partial charge in [-0.2, -0.15) is 5.26 Å². The van der Waals surface area contributed by atoms with E-state index in [1.807, 2.05) is 11.0 Å². The van der Waals surface area contributed by atoms with Gasteiger partial charge in [0.1, 0.15) is 11.9 Å². The predicted molar refractivity (Wildman–Crippen MR) is 86.6 cm³/mol. The van der Waals surface area contributed by atoms with Crippen molar-refractivity contribution < 1.29 is 4.79 Å². The molecule has 1 fully saturated rings. The number of pyridine rings is 1. The summed E-state index contributed by atoms with van der Waals surface area (Å²) in [4.78, 5) is 18.2. The first-order valence-electron chi connectivity index (χ1n) is 7.60. The zero-order chi connectivity index (χ0) is 16.1. The normalized spacial score (nSPS) is 15.7. The van der Waals surface area contributed by atoms with Crippen LogP contribution in [-0.4, -0.2) is 34.9 Å². The number of nitriles is 1. The highest BCUT2D eigenvalue weighted by Crippen LogP contribution is 2.20. The smallest absolute Gasteiger partial charge is 0.222 e. The van der Waals surface area contributed by atoms with Crippen molar-refractivity contribution in [1.29, 1.82) is 5.26 Å². The molecular weight excluding hydrogens is 300 g/mol.